The second kappa shape index (κ2) is 7.13. The van der Waals surface area contributed by atoms with Crippen LogP contribution < -0.4 is 4.74 Å². The van der Waals surface area contributed by atoms with Crippen LogP contribution in [0, 0.1) is 11.3 Å². The predicted octanol–water partition coefficient (Wildman–Crippen LogP) is 1.73. The second-order valence-electron chi connectivity index (χ2n) is 4.88. The lowest BCUT2D eigenvalue weighted by atomic mass is 10.2. The molecule has 0 saturated carbocycles. The lowest BCUT2D eigenvalue weighted by molar-refractivity contribution is 0.129. The fraction of sp³-hybridized carbons (Fsp3) is 0.533. The maximum absolute atomic E-state index is 8.59. The summed E-state index contributed by atoms with van der Waals surface area (Å²) in [6, 6.07) is 10.5. The molecule has 1 aliphatic heterocycles. The Morgan fingerprint density at radius 1 is 1.21 bits per heavy atom. The summed E-state index contributed by atoms with van der Waals surface area (Å²) in [5.41, 5.74) is 1.30. The Labute approximate surface area is 115 Å². The fourth-order valence-corrected chi connectivity index (χ4v) is 2.41. The molecule has 1 fully saturated rings. The predicted molar refractivity (Wildman–Crippen MR) is 74.9 cm³/mol. The SMILES string of the molecule is COc1cccc(CN2CCN(CCC#N)CC2)c1. The third kappa shape index (κ3) is 4.23. The molecule has 0 N–H and O–H groups in total. The van der Waals surface area contributed by atoms with Gasteiger partial charge in [-0.3, -0.25) is 9.80 Å². The van der Waals surface area contributed by atoms with Crippen LogP contribution >= 0.6 is 0 Å². The molecule has 0 radical (unpaired) electrons. The van der Waals surface area contributed by atoms with E-state index in [-0.39, 0.29) is 0 Å². The van der Waals surface area contributed by atoms with Crippen LogP contribution in [0.1, 0.15) is 12.0 Å². The van der Waals surface area contributed by atoms with Gasteiger partial charge < -0.3 is 4.74 Å². The summed E-state index contributed by atoms with van der Waals surface area (Å²) in [7, 11) is 1.70. The Balaban J connectivity index is 1.80. The van der Waals surface area contributed by atoms with Crippen LogP contribution in [-0.4, -0.2) is 49.6 Å². The van der Waals surface area contributed by atoms with Crippen LogP contribution in [0.2, 0.25) is 0 Å². The van der Waals surface area contributed by atoms with Gasteiger partial charge in [0.15, 0.2) is 0 Å². The Hall–Kier alpha value is -1.57. The molecule has 4 heteroatoms. The molecule has 1 aromatic rings. The van der Waals surface area contributed by atoms with Crippen molar-refractivity contribution in [2.45, 2.75) is 13.0 Å². The first kappa shape index (κ1) is 13.9. The minimum atomic E-state index is 0.635. The van der Waals surface area contributed by atoms with Gasteiger partial charge in [-0.15, -0.1) is 0 Å². The number of nitriles is 1. The van der Waals surface area contributed by atoms with E-state index in [1.807, 2.05) is 12.1 Å². The van der Waals surface area contributed by atoms with Crippen molar-refractivity contribution in [1.29, 1.82) is 5.26 Å². The number of piperazine rings is 1. The maximum atomic E-state index is 8.59. The first-order valence-corrected chi connectivity index (χ1v) is 6.76. The Kier molecular flexibility index (Phi) is 5.20. The summed E-state index contributed by atoms with van der Waals surface area (Å²) < 4.78 is 5.25. The quantitative estimate of drug-likeness (QED) is 0.807. The zero-order chi connectivity index (χ0) is 13.5. The largest absolute Gasteiger partial charge is 0.497 e. The zero-order valence-corrected chi connectivity index (χ0v) is 11.5. The Morgan fingerprint density at radius 2 is 1.95 bits per heavy atom. The molecule has 102 valence electrons. The molecule has 1 aliphatic rings. The molecular weight excluding hydrogens is 238 g/mol. The Bertz CT molecular complexity index is 433. The van der Waals surface area contributed by atoms with Crippen LogP contribution in [-0.2, 0) is 6.54 Å². The maximum Gasteiger partial charge on any atom is 0.119 e. The highest BCUT2D eigenvalue weighted by Crippen LogP contribution is 2.15. The average molecular weight is 259 g/mol. The van der Waals surface area contributed by atoms with E-state index in [1.165, 1.54) is 5.56 Å². The standard InChI is InChI=1S/C15H21N3O/c1-19-15-5-2-4-14(12-15)13-18-10-8-17(9-11-18)7-3-6-16/h2,4-5,12H,3,7-11,13H2,1H3. The number of rotatable bonds is 5. The van der Waals surface area contributed by atoms with Crippen LogP contribution in [0.4, 0.5) is 0 Å². The number of nitrogens with zero attached hydrogens (tertiary/aromatic N) is 3. The molecular formula is C15H21N3O. The van der Waals surface area contributed by atoms with Gasteiger partial charge in [-0.25, -0.2) is 0 Å². The van der Waals surface area contributed by atoms with Gasteiger partial charge >= 0.3 is 0 Å². The van der Waals surface area contributed by atoms with Crippen molar-refractivity contribution in [2.75, 3.05) is 39.8 Å². The van der Waals surface area contributed by atoms with Crippen LogP contribution in [0.3, 0.4) is 0 Å². The van der Waals surface area contributed by atoms with Crippen LogP contribution in [0.25, 0.3) is 0 Å². The molecule has 0 unspecified atom stereocenters. The van der Waals surface area contributed by atoms with E-state index >= 15 is 0 Å². The molecule has 1 saturated heterocycles. The summed E-state index contributed by atoms with van der Waals surface area (Å²) in [5, 5.41) is 8.59. The summed E-state index contributed by atoms with van der Waals surface area (Å²) in [5.74, 6) is 0.921. The lowest BCUT2D eigenvalue weighted by Gasteiger charge is -2.34. The molecule has 0 spiro atoms. The molecule has 19 heavy (non-hydrogen) atoms. The highest BCUT2D eigenvalue weighted by atomic mass is 16.5. The molecule has 0 atom stereocenters. The highest BCUT2D eigenvalue weighted by molar-refractivity contribution is 5.28. The van der Waals surface area contributed by atoms with Crippen molar-refractivity contribution < 1.29 is 4.74 Å². The first-order valence-electron chi connectivity index (χ1n) is 6.76. The molecule has 0 aromatic heterocycles. The number of benzene rings is 1. The fourth-order valence-electron chi connectivity index (χ4n) is 2.41. The van der Waals surface area contributed by atoms with Crippen molar-refractivity contribution in [3.05, 3.63) is 29.8 Å². The van der Waals surface area contributed by atoms with Gasteiger partial charge in [0, 0.05) is 45.7 Å². The number of hydrogen-bond acceptors (Lipinski definition) is 4. The van der Waals surface area contributed by atoms with Crippen molar-refractivity contribution in [2.24, 2.45) is 0 Å². The smallest absolute Gasteiger partial charge is 0.119 e. The molecule has 0 bridgehead atoms. The number of hydrogen-bond donors (Lipinski definition) is 0. The zero-order valence-electron chi connectivity index (χ0n) is 11.5. The van der Waals surface area contributed by atoms with Crippen molar-refractivity contribution >= 4 is 0 Å². The summed E-state index contributed by atoms with van der Waals surface area (Å²) in [4.78, 5) is 4.82. The lowest BCUT2D eigenvalue weighted by Crippen LogP contribution is -2.46. The van der Waals surface area contributed by atoms with Gasteiger partial charge in [-0.2, -0.15) is 5.26 Å². The summed E-state index contributed by atoms with van der Waals surface area (Å²) in [6.07, 6.45) is 0.635. The third-order valence-electron chi connectivity index (χ3n) is 3.55. The van der Waals surface area contributed by atoms with E-state index in [9.17, 15) is 0 Å². The summed E-state index contributed by atoms with van der Waals surface area (Å²) in [6.45, 7) is 6.15. The van der Waals surface area contributed by atoms with Gasteiger partial charge in [-0.05, 0) is 17.7 Å². The van der Waals surface area contributed by atoms with E-state index in [4.69, 9.17) is 10.00 Å². The first-order chi connectivity index (χ1) is 9.31. The topological polar surface area (TPSA) is 39.5 Å². The molecule has 1 heterocycles. The normalized spacial score (nSPS) is 17.1. The minimum Gasteiger partial charge on any atom is -0.497 e. The van der Waals surface area contributed by atoms with Gasteiger partial charge in [0.2, 0.25) is 0 Å². The van der Waals surface area contributed by atoms with Gasteiger partial charge in [0.1, 0.15) is 5.75 Å². The Morgan fingerprint density at radius 3 is 2.63 bits per heavy atom. The monoisotopic (exact) mass is 259 g/mol. The van der Waals surface area contributed by atoms with E-state index in [0.29, 0.717) is 6.42 Å². The van der Waals surface area contributed by atoms with Gasteiger partial charge in [-0.1, -0.05) is 12.1 Å². The number of methoxy groups -OCH3 is 1. The molecule has 4 nitrogen and oxygen atoms in total. The van der Waals surface area contributed by atoms with Crippen molar-refractivity contribution in [1.82, 2.24) is 9.80 Å². The van der Waals surface area contributed by atoms with Gasteiger partial charge in [0.25, 0.3) is 0 Å². The van der Waals surface area contributed by atoms with E-state index < -0.39 is 0 Å². The molecule has 0 amide bonds. The van der Waals surface area contributed by atoms with Gasteiger partial charge in [0.05, 0.1) is 13.2 Å². The second-order valence-corrected chi connectivity index (χ2v) is 4.88. The van der Waals surface area contributed by atoms with Crippen molar-refractivity contribution in [3.8, 4) is 11.8 Å². The average Bonchev–Trinajstić information content (AvgIpc) is 2.47. The summed E-state index contributed by atoms with van der Waals surface area (Å²) >= 11 is 0. The molecule has 2 rings (SSSR count). The molecule has 0 aliphatic carbocycles. The molecule has 1 aromatic carbocycles. The van der Waals surface area contributed by atoms with E-state index in [0.717, 1.165) is 45.0 Å². The number of ether oxygens (including phenoxy) is 1. The van der Waals surface area contributed by atoms with E-state index in [2.05, 4.69) is 28.0 Å². The minimum absolute atomic E-state index is 0.635. The highest BCUT2D eigenvalue weighted by Gasteiger charge is 2.16. The third-order valence-corrected chi connectivity index (χ3v) is 3.55. The van der Waals surface area contributed by atoms with Crippen LogP contribution in [0.5, 0.6) is 5.75 Å². The van der Waals surface area contributed by atoms with E-state index in [1.54, 1.807) is 7.11 Å². The van der Waals surface area contributed by atoms with Crippen LogP contribution in [0.15, 0.2) is 24.3 Å². The van der Waals surface area contributed by atoms with Crippen molar-refractivity contribution in [3.63, 3.8) is 0 Å².